The monoisotopic (exact) mass is 218 g/mol. The maximum absolute atomic E-state index is 11.7. The van der Waals surface area contributed by atoms with E-state index in [0.717, 1.165) is 26.2 Å². The Morgan fingerprint density at radius 3 is 2.36 bits per heavy atom. The molecule has 1 N–H and O–H groups in total. The van der Waals surface area contributed by atoms with E-state index in [9.17, 15) is 8.42 Å². The van der Waals surface area contributed by atoms with Crippen molar-refractivity contribution in [2.45, 2.75) is 13.3 Å². The molecule has 5 heteroatoms. The number of piperidine rings is 2. The Morgan fingerprint density at radius 1 is 1.29 bits per heavy atom. The normalized spacial score (nSPS) is 34.4. The zero-order valence-corrected chi connectivity index (χ0v) is 9.39. The van der Waals surface area contributed by atoms with Crippen molar-refractivity contribution in [2.24, 2.45) is 11.8 Å². The highest BCUT2D eigenvalue weighted by molar-refractivity contribution is 7.89. The van der Waals surface area contributed by atoms with Gasteiger partial charge in [-0.2, -0.15) is 0 Å². The molecule has 0 spiro atoms. The third-order valence-corrected chi connectivity index (χ3v) is 5.03. The average molecular weight is 218 g/mol. The largest absolute Gasteiger partial charge is 0.316 e. The van der Waals surface area contributed by atoms with Crippen molar-refractivity contribution < 1.29 is 8.42 Å². The van der Waals surface area contributed by atoms with Gasteiger partial charge >= 0.3 is 0 Å². The molecule has 0 aromatic carbocycles. The molecule has 2 aliphatic rings. The van der Waals surface area contributed by atoms with Gasteiger partial charge in [-0.05, 0) is 38.3 Å². The SMILES string of the molecule is CCS(=O)(=O)N1C[C@@H]2CNC[C@@H](C2)C1. The zero-order chi connectivity index (χ0) is 10.2. The van der Waals surface area contributed by atoms with Crippen LogP contribution in [0.25, 0.3) is 0 Å². The standard InChI is InChI=1S/C9H18N2O2S/c1-2-14(12,13)11-6-8-3-9(7-11)5-10-4-8/h8-10H,2-7H2,1H3/t8-,9+. The van der Waals surface area contributed by atoms with Crippen LogP contribution in [-0.4, -0.2) is 44.7 Å². The number of sulfonamides is 1. The van der Waals surface area contributed by atoms with E-state index >= 15 is 0 Å². The van der Waals surface area contributed by atoms with Crippen molar-refractivity contribution in [3.63, 3.8) is 0 Å². The molecule has 2 atom stereocenters. The summed E-state index contributed by atoms with van der Waals surface area (Å²) in [6, 6.07) is 0. The zero-order valence-electron chi connectivity index (χ0n) is 8.57. The summed E-state index contributed by atoms with van der Waals surface area (Å²) < 4.78 is 25.1. The van der Waals surface area contributed by atoms with Gasteiger partial charge in [0.2, 0.25) is 10.0 Å². The lowest BCUT2D eigenvalue weighted by Gasteiger charge is -2.40. The van der Waals surface area contributed by atoms with Crippen LogP contribution in [0.2, 0.25) is 0 Å². The summed E-state index contributed by atoms with van der Waals surface area (Å²) in [5, 5.41) is 3.36. The molecule has 82 valence electrons. The highest BCUT2D eigenvalue weighted by atomic mass is 32.2. The topological polar surface area (TPSA) is 49.4 Å². The number of rotatable bonds is 2. The smallest absolute Gasteiger partial charge is 0.213 e. The highest BCUT2D eigenvalue weighted by Crippen LogP contribution is 2.26. The van der Waals surface area contributed by atoms with Crippen molar-refractivity contribution in [2.75, 3.05) is 31.9 Å². The summed E-state index contributed by atoms with van der Waals surface area (Å²) in [5.41, 5.74) is 0. The molecule has 4 nitrogen and oxygen atoms in total. The molecule has 2 saturated heterocycles. The number of hydrogen-bond donors (Lipinski definition) is 1. The number of nitrogens with zero attached hydrogens (tertiary/aromatic N) is 1. The van der Waals surface area contributed by atoms with Crippen LogP contribution in [-0.2, 0) is 10.0 Å². The van der Waals surface area contributed by atoms with Crippen LogP contribution in [0.3, 0.4) is 0 Å². The van der Waals surface area contributed by atoms with Crippen LogP contribution in [0, 0.1) is 11.8 Å². The van der Waals surface area contributed by atoms with Gasteiger partial charge in [0.15, 0.2) is 0 Å². The van der Waals surface area contributed by atoms with E-state index in [0.29, 0.717) is 11.8 Å². The summed E-state index contributed by atoms with van der Waals surface area (Å²) in [6.45, 7) is 5.12. The van der Waals surface area contributed by atoms with Crippen molar-refractivity contribution in [1.82, 2.24) is 9.62 Å². The Kier molecular flexibility index (Phi) is 2.81. The molecule has 0 aliphatic carbocycles. The molecular formula is C9H18N2O2S. The Labute approximate surface area is 85.7 Å². The van der Waals surface area contributed by atoms with Gasteiger partial charge in [0.1, 0.15) is 0 Å². The van der Waals surface area contributed by atoms with Crippen LogP contribution < -0.4 is 5.32 Å². The molecule has 0 aromatic heterocycles. The molecule has 2 aliphatic heterocycles. The summed E-state index contributed by atoms with van der Waals surface area (Å²) in [7, 11) is -2.96. The lowest BCUT2D eigenvalue weighted by atomic mass is 9.87. The first kappa shape index (κ1) is 10.4. The molecule has 0 radical (unpaired) electrons. The lowest BCUT2D eigenvalue weighted by Crippen LogP contribution is -2.52. The van der Waals surface area contributed by atoms with E-state index in [1.165, 1.54) is 6.42 Å². The quantitative estimate of drug-likeness (QED) is 0.703. The van der Waals surface area contributed by atoms with E-state index in [1.54, 1.807) is 11.2 Å². The second-order valence-electron chi connectivity index (χ2n) is 4.34. The fraction of sp³-hybridized carbons (Fsp3) is 1.00. The first-order valence-corrected chi connectivity index (χ1v) is 6.91. The third kappa shape index (κ3) is 1.94. The highest BCUT2D eigenvalue weighted by Gasteiger charge is 2.34. The second-order valence-corrected chi connectivity index (χ2v) is 6.60. The Balaban J connectivity index is 2.09. The van der Waals surface area contributed by atoms with Gasteiger partial charge in [0.25, 0.3) is 0 Å². The van der Waals surface area contributed by atoms with E-state index in [1.807, 2.05) is 0 Å². The molecule has 2 rings (SSSR count). The molecule has 0 amide bonds. The van der Waals surface area contributed by atoms with Crippen molar-refractivity contribution >= 4 is 10.0 Å². The summed E-state index contributed by atoms with van der Waals surface area (Å²) in [4.78, 5) is 0. The molecular weight excluding hydrogens is 200 g/mol. The van der Waals surface area contributed by atoms with E-state index < -0.39 is 10.0 Å². The molecule has 0 aromatic rings. The van der Waals surface area contributed by atoms with Crippen LogP contribution >= 0.6 is 0 Å². The van der Waals surface area contributed by atoms with E-state index in [-0.39, 0.29) is 5.75 Å². The number of hydrogen-bond acceptors (Lipinski definition) is 3. The fourth-order valence-electron chi connectivity index (χ4n) is 2.47. The minimum atomic E-state index is -2.96. The molecule has 14 heavy (non-hydrogen) atoms. The molecule has 0 saturated carbocycles. The first-order valence-electron chi connectivity index (χ1n) is 5.30. The third-order valence-electron chi connectivity index (χ3n) is 3.21. The van der Waals surface area contributed by atoms with Gasteiger partial charge in [-0.1, -0.05) is 0 Å². The summed E-state index contributed by atoms with van der Waals surface area (Å²) >= 11 is 0. The van der Waals surface area contributed by atoms with Gasteiger partial charge in [-0.3, -0.25) is 0 Å². The van der Waals surface area contributed by atoms with Crippen LogP contribution in [0.15, 0.2) is 0 Å². The molecule has 0 unspecified atom stereocenters. The Bertz CT molecular complexity index is 290. The summed E-state index contributed by atoms with van der Waals surface area (Å²) in [5.74, 6) is 1.30. The van der Waals surface area contributed by atoms with Crippen LogP contribution in [0.5, 0.6) is 0 Å². The van der Waals surface area contributed by atoms with Gasteiger partial charge in [0, 0.05) is 13.1 Å². The summed E-state index contributed by atoms with van der Waals surface area (Å²) in [6.07, 6.45) is 1.20. The molecule has 2 bridgehead atoms. The molecule has 2 fully saturated rings. The van der Waals surface area contributed by atoms with E-state index in [4.69, 9.17) is 0 Å². The lowest BCUT2D eigenvalue weighted by molar-refractivity contribution is 0.159. The number of fused-ring (bicyclic) bond motifs is 2. The van der Waals surface area contributed by atoms with E-state index in [2.05, 4.69) is 5.32 Å². The van der Waals surface area contributed by atoms with Gasteiger partial charge in [-0.25, -0.2) is 12.7 Å². The van der Waals surface area contributed by atoms with Gasteiger partial charge in [-0.15, -0.1) is 0 Å². The average Bonchev–Trinajstić information content (AvgIpc) is 2.17. The maximum atomic E-state index is 11.7. The second kappa shape index (κ2) is 3.79. The number of nitrogens with one attached hydrogen (secondary N) is 1. The van der Waals surface area contributed by atoms with Gasteiger partial charge in [0.05, 0.1) is 5.75 Å². The minimum absolute atomic E-state index is 0.236. The predicted octanol–water partition coefficient (Wildman–Crippen LogP) is -0.123. The van der Waals surface area contributed by atoms with Gasteiger partial charge < -0.3 is 5.32 Å². The first-order chi connectivity index (χ1) is 6.62. The van der Waals surface area contributed by atoms with Crippen LogP contribution in [0.1, 0.15) is 13.3 Å². The Hall–Kier alpha value is -0.130. The molecule has 2 heterocycles. The predicted molar refractivity (Wildman–Crippen MR) is 55.5 cm³/mol. The minimum Gasteiger partial charge on any atom is -0.316 e. The van der Waals surface area contributed by atoms with Crippen LogP contribution in [0.4, 0.5) is 0 Å². The maximum Gasteiger partial charge on any atom is 0.213 e. The fourth-order valence-corrected chi connectivity index (χ4v) is 3.71. The van der Waals surface area contributed by atoms with Crippen molar-refractivity contribution in [3.05, 3.63) is 0 Å². The van der Waals surface area contributed by atoms with Crippen molar-refractivity contribution in [1.29, 1.82) is 0 Å². The Morgan fingerprint density at radius 2 is 1.86 bits per heavy atom. The van der Waals surface area contributed by atoms with Crippen molar-refractivity contribution in [3.8, 4) is 0 Å².